The van der Waals surface area contributed by atoms with Crippen LogP contribution in [0.1, 0.15) is 11.3 Å². The maximum absolute atomic E-state index is 9.34. The topological polar surface area (TPSA) is 113 Å². The molecule has 0 unspecified atom stereocenters. The zero-order valence-corrected chi connectivity index (χ0v) is 11.6. The minimum atomic E-state index is 0.145. The Morgan fingerprint density at radius 3 is 2.38 bits per heavy atom. The van der Waals surface area contributed by atoms with Gasteiger partial charge in [-0.05, 0) is 5.56 Å². The standard InChI is InChI=1S/C15H9N5S/c16-6-9-12-11(8-4-2-1-3-5-8)13(18)10(7-17)20-15(12)21-14(9)19/h1-5H,18-19H2. The average Bonchev–Trinajstić information content (AvgIpc) is 2.82. The van der Waals surface area contributed by atoms with Crippen LogP contribution in [0.15, 0.2) is 30.3 Å². The first-order chi connectivity index (χ1) is 10.2. The van der Waals surface area contributed by atoms with Crippen LogP contribution in [-0.2, 0) is 0 Å². The molecule has 4 N–H and O–H groups in total. The van der Waals surface area contributed by atoms with Gasteiger partial charge in [0.25, 0.3) is 0 Å². The lowest BCUT2D eigenvalue weighted by Crippen LogP contribution is -1.98. The summed E-state index contributed by atoms with van der Waals surface area (Å²) < 4.78 is 0. The van der Waals surface area contributed by atoms with E-state index in [0.717, 1.165) is 5.56 Å². The molecule has 21 heavy (non-hydrogen) atoms. The summed E-state index contributed by atoms with van der Waals surface area (Å²) in [5, 5.41) is 19.5. The van der Waals surface area contributed by atoms with Gasteiger partial charge in [0, 0.05) is 10.9 Å². The van der Waals surface area contributed by atoms with Crippen molar-refractivity contribution < 1.29 is 0 Å². The number of nitrogens with zero attached hydrogens (tertiary/aromatic N) is 3. The molecule has 2 heterocycles. The molecular weight excluding hydrogens is 282 g/mol. The number of hydrogen-bond donors (Lipinski definition) is 2. The van der Waals surface area contributed by atoms with E-state index in [1.165, 1.54) is 11.3 Å². The van der Waals surface area contributed by atoms with Gasteiger partial charge in [-0.3, -0.25) is 0 Å². The summed E-state index contributed by atoms with van der Waals surface area (Å²) in [6.45, 7) is 0. The fourth-order valence-corrected chi connectivity index (χ4v) is 3.16. The van der Waals surface area contributed by atoms with Gasteiger partial charge in [0.1, 0.15) is 22.0 Å². The summed E-state index contributed by atoms with van der Waals surface area (Å²) in [4.78, 5) is 4.76. The van der Waals surface area contributed by atoms with Crippen LogP contribution in [0, 0.1) is 22.7 Å². The van der Waals surface area contributed by atoms with Crippen molar-refractivity contribution in [1.29, 1.82) is 10.5 Å². The number of nitrogen functional groups attached to an aromatic ring is 2. The van der Waals surface area contributed by atoms with Crippen molar-refractivity contribution in [2.45, 2.75) is 0 Å². The predicted octanol–water partition coefficient (Wildman–Crippen LogP) is 2.87. The second-order valence-electron chi connectivity index (χ2n) is 4.36. The van der Waals surface area contributed by atoms with Crippen LogP contribution in [-0.4, -0.2) is 4.98 Å². The van der Waals surface area contributed by atoms with Gasteiger partial charge < -0.3 is 11.5 Å². The normalized spacial score (nSPS) is 10.2. The molecule has 3 aromatic rings. The second-order valence-corrected chi connectivity index (χ2v) is 5.39. The number of fused-ring (bicyclic) bond motifs is 1. The molecule has 0 saturated heterocycles. The van der Waals surface area contributed by atoms with E-state index < -0.39 is 0 Å². The smallest absolute Gasteiger partial charge is 0.165 e. The van der Waals surface area contributed by atoms with E-state index in [0.29, 0.717) is 26.3 Å². The predicted molar refractivity (Wildman–Crippen MR) is 83.3 cm³/mol. The van der Waals surface area contributed by atoms with E-state index in [1.54, 1.807) is 0 Å². The molecule has 0 spiro atoms. The largest absolute Gasteiger partial charge is 0.396 e. The molecule has 0 atom stereocenters. The quantitative estimate of drug-likeness (QED) is 0.715. The summed E-state index contributed by atoms with van der Waals surface area (Å²) in [6, 6.07) is 13.5. The number of thiophene rings is 1. The molecule has 0 aliphatic rings. The van der Waals surface area contributed by atoms with Crippen molar-refractivity contribution in [2.75, 3.05) is 11.5 Å². The number of aromatic nitrogens is 1. The third-order valence-corrected chi connectivity index (χ3v) is 4.10. The Bertz CT molecular complexity index is 929. The van der Waals surface area contributed by atoms with Gasteiger partial charge in [-0.1, -0.05) is 41.7 Å². The highest BCUT2D eigenvalue weighted by atomic mass is 32.1. The minimum absolute atomic E-state index is 0.145. The molecular formula is C15H9N5S. The lowest BCUT2D eigenvalue weighted by Gasteiger charge is -2.09. The van der Waals surface area contributed by atoms with Crippen LogP contribution < -0.4 is 11.5 Å². The second kappa shape index (κ2) is 4.78. The van der Waals surface area contributed by atoms with Crippen molar-refractivity contribution in [3.8, 4) is 23.3 Å². The number of nitriles is 2. The number of hydrogen-bond acceptors (Lipinski definition) is 6. The molecule has 0 fully saturated rings. The van der Waals surface area contributed by atoms with E-state index in [1.807, 2.05) is 36.4 Å². The van der Waals surface area contributed by atoms with Crippen LogP contribution in [0.3, 0.4) is 0 Å². The van der Waals surface area contributed by atoms with Crippen LogP contribution in [0.2, 0.25) is 0 Å². The molecule has 6 heteroatoms. The van der Waals surface area contributed by atoms with Gasteiger partial charge >= 0.3 is 0 Å². The maximum Gasteiger partial charge on any atom is 0.165 e. The maximum atomic E-state index is 9.34. The lowest BCUT2D eigenvalue weighted by molar-refractivity contribution is 1.34. The van der Waals surface area contributed by atoms with Crippen molar-refractivity contribution in [3.05, 3.63) is 41.6 Å². The van der Waals surface area contributed by atoms with E-state index in [4.69, 9.17) is 11.5 Å². The molecule has 100 valence electrons. The summed E-state index contributed by atoms with van der Waals surface area (Å²) in [7, 11) is 0. The average molecular weight is 291 g/mol. The summed E-state index contributed by atoms with van der Waals surface area (Å²) in [5.74, 6) is 0. The fourth-order valence-electron chi connectivity index (χ4n) is 2.26. The number of rotatable bonds is 1. The van der Waals surface area contributed by atoms with Gasteiger partial charge in [0.15, 0.2) is 5.69 Å². The molecule has 1 aromatic carbocycles. The third kappa shape index (κ3) is 1.86. The molecule has 2 aromatic heterocycles. The molecule has 0 saturated carbocycles. The van der Waals surface area contributed by atoms with Crippen LogP contribution in [0.5, 0.6) is 0 Å². The Kier molecular flexibility index (Phi) is 2.94. The zero-order valence-electron chi connectivity index (χ0n) is 10.8. The van der Waals surface area contributed by atoms with E-state index in [9.17, 15) is 10.5 Å². The van der Waals surface area contributed by atoms with Crippen molar-refractivity contribution in [3.63, 3.8) is 0 Å². The molecule has 3 rings (SSSR count). The molecule has 0 aliphatic heterocycles. The van der Waals surface area contributed by atoms with Gasteiger partial charge in [-0.15, -0.1) is 0 Å². The Hall–Kier alpha value is -3.09. The van der Waals surface area contributed by atoms with Crippen molar-refractivity contribution in [2.24, 2.45) is 0 Å². The van der Waals surface area contributed by atoms with E-state index in [-0.39, 0.29) is 11.4 Å². The number of benzene rings is 1. The zero-order chi connectivity index (χ0) is 15.0. The summed E-state index contributed by atoms with van der Waals surface area (Å²) >= 11 is 1.19. The van der Waals surface area contributed by atoms with Gasteiger partial charge in [0.2, 0.25) is 0 Å². The first-order valence-corrected chi connectivity index (χ1v) is 6.86. The first-order valence-electron chi connectivity index (χ1n) is 6.04. The van der Waals surface area contributed by atoms with Crippen molar-refractivity contribution in [1.82, 2.24) is 4.98 Å². The van der Waals surface area contributed by atoms with Crippen LogP contribution >= 0.6 is 11.3 Å². The Labute approximate surface area is 124 Å². The Morgan fingerprint density at radius 2 is 1.76 bits per heavy atom. The molecule has 0 bridgehead atoms. The van der Waals surface area contributed by atoms with E-state index >= 15 is 0 Å². The SMILES string of the molecule is N#Cc1nc2sc(N)c(C#N)c2c(-c2ccccc2)c1N. The highest BCUT2D eigenvalue weighted by Crippen LogP contribution is 2.42. The third-order valence-electron chi connectivity index (χ3n) is 3.18. The summed E-state index contributed by atoms with van der Waals surface area (Å²) in [6.07, 6.45) is 0. The number of nitrogens with two attached hydrogens (primary N) is 2. The van der Waals surface area contributed by atoms with Gasteiger partial charge in [-0.2, -0.15) is 10.5 Å². The van der Waals surface area contributed by atoms with Gasteiger partial charge in [0.05, 0.1) is 11.3 Å². The number of anilines is 2. The molecule has 0 aliphatic carbocycles. The Balaban J connectivity index is 2.54. The van der Waals surface area contributed by atoms with Crippen LogP contribution in [0.25, 0.3) is 21.3 Å². The van der Waals surface area contributed by atoms with Crippen molar-refractivity contribution >= 4 is 32.2 Å². The van der Waals surface area contributed by atoms with Gasteiger partial charge in [-0.25, -0.2) is 4.98 Å². The summed E-state index contributed by atoms with van der Waals surface area (Å²) in [5.41, 5.74) is 14.2. The lowest BCUT2D eigenvalue weighted by atomic mass is 9.98. The highest BCUT2D eigenvalue weighted by molar-refractivity contribution is 7.22. The molecule has 0 radical (unpaired) electrons. The van der Waals surface area contributed by atoms with E-state index in [2.05, 4.69) is 11.1 Å². The number of pyridine rings is 1. The minimum Gasteiger partial charge on any atom is -0.396 e. The highest BCUT2D eigenvalue weighted by Gasteiger charge is 2.20. The first kappa shape index (κ1) is 12.9. The molecule has 0 amide bonds. The fraction of sp³-hybridized carbons (Fsp3) is 0. The monoisotopic (exact) mass is 291 g/mol. The Morgan fingerprint density at radius 1 is 1.05 bits per heavy atom. The molecule has 5 nitrogen and oxygen atoms in total. The van der Waals surface area contributed by atoms with Crippen LogP contribution in [0.4, 0.5) is 10.7 Å².